The molecule has 0 fully saturated rings. The highest BCUT2D eigenvalue weighted by molar-refractivity contribution is 7.80. The number of methoxy groups -OCH3 is 1. The van der Waals surface area contributed by atoms with Crippen molar-refractivity contribution < 1.29 is 9.53 Å². The molecule has 1 N–H and O–H groups in total. The number of nitrogens with one attached hydrogen (secondary N) is 1. The summed E-state index contributed by atoms with van der Waals surface area (Å²) in [7, 11) is 1.35. The van der Waals surface area contributed by atoms with Crippen LogP contribution in [0.15, 0.2) is 47.5 Å². The fourth-order valence-corrected chi connectivity index (χ4v) is 2.80. The molecule has 0 radical (unpaired) electrons. The first-order chi connectivity index (χ1) is 11.1. The maximum absolute atomic E-state index is 11.8. The van der Waals surface area contributed by atoms with E-state index in [1.54, 1.807) is 24.3 Å². The number of anilines is 1. The summed E-state index contributed by atoms with van der Waals surface area (Å²) in [5.41, 5.74) is 3.49. The number of thiocarbonyl (C=S) groups is 1. The summed E-state index contributed by atoms with van der Waals surface area (Å²) in [5, 5.41) is 3.74. The van der Waals surface area contributed by atoms with Crippen LogP contribution in [0.4, 0.5) is 5.69 Å². The van der Waals surface area contributed by atoms with E-state index >= 15 is 0 Å². The predicted molar refractivity (Wildman–Crippen MR) is 96.0 cm³/mol. The molecule has 6 heteroatoms. The Morgan fingerprint density at radius 1 is 1.26 bits per heavy atom. The number of fused-ring (bicyclic) bond motifs is 1. The van der Waals surface area contributed by atoms with Crippen LogP contribution in [0.5, 0.6) is 0 Å². The first kappa shape index (κ1) is 15.6. The van der Waals surface area contributed by atoms with Gasteiger partial charge in [-0.1, -0.05) is 42.0 Å². The molecule has 0 aromatic heterocycles. The van der Waals surface area contributed by atoms with Gasteiger partial charge in [-0.2, -0.15) is 0 Å². The van der Waals surface area contributed by atoms with Gasteiger partial charge in [0.15, 0.2) is 0 Å². The highest BCUT2D eigenvalue weighted by atomic mass is 35.5. The third kappa shape index (κ3) is 3.11. The number of carbonyl (C=O) groups is 1. The van der Waals surface area contributed by atoms with Gasteiger partial charge in [-0.25, -0.2) is 4.79 Å². The van der Waals surface area contributed by atoms with E-state index in [1.807, 2.05) is 18.2 Å². The standard InChI is InChI=1S/C17H13ClN2O2S/c1-22-17(21)10-6-7-14-12(8-10)16(19-9-15(23)20-14)11-4-2-3-5-13(11)18/h2-8H,9H2,1H3,(H,20,23). The van der Waals surface area contributed by atoms with Gasteiger partial charge >= 0.3 is 5.97 Å². The smallest absolute Gasteiger partial charge is 0.337 e. The highest BCUT2D eigenvalue weighted by Gasteiger charge is 2.20. The first-order valence-corrected chi connectivity index (χ1v) is 7.70. The van der Waals surface area contributed by atoms with Gasteiger partial charge in [-0.05, 0) is 24.3 Å². The zero-order valence-corrected chi connectivity index (χ0v) is 13.9. The van der Waals surface area contributed by atoms with Gasteiger partial charge in [0.2, 0.25) is 0 Å². The number of benzodiazepines with no additional fused rings is 1. The SMILES string of the molecule is COC(=O)c1ccc2c(c1)C(c1ccccc1Cl)=NCC(=S)N2. The molecule has 0 unspecified atom stereocenters. The van der Waals surface area contributed by atoms with Crippen molar-refractivity contribution in [2.75, 3.05) is 19.0 Å². The Hall–Kier alpha value is -2.24. The van der Waals surface area contributed by atoms with E-state index in [2.05, 4.69) is 10.3 Å². The molecule has 0 bridgehead atoms. The molecule has 116 valence electrons. The van der Waals surface area contributed by atoms with Gasteiger partial charge in [-0.15, -0.1) is 0 Å². The van der Waals surface area contributed by atoms with E-state index in [1.165, 1.54) is 7.11 Å². The van der Waals surface area contributed by atoms with Crippen LogP contribution >= 0.6 is 23.8 Å². The van der Waals surface area contributed by atoms with Crippen molar-refractivity contribution in [1.82, 2.24) is 0 Å². The number of ether oxygens (including phenoxy) is 1. The Morgan fingerprint density at radius 3 is 2.78 bits per heavy atom. The first-order valence-electron chi connectivity index (χ1n) is 6.92. The van der Waals surface area contributed by atoms with Gasteiger partial charge in [0.05, 0.1) is 24.9 Å². The summed E-state index contributed by atoms with van der Waals surface area (Å²) in [4.78, 5) is 17.0. The summed E-state index contributed by atoms with van der Waals surface area (Å²) in [6.45, 7) is 0.359. The van der Waals surface area contributed by atoms with Gasteiger partial charge in [0.25, 0.3) is 0 Å². The maximum Gasteiger partial charge on any atom is 0.337 e. The van der Waals surface area contributed by atoms with Gasteiger partial charge in [-0.3, -0.25) is 4.99 Å². The zero-order valence-electron chi connectivity index (χ0n) is 12.3. The van der Waals surface area contributed by atoms with Crippen LogP contribution in [0.3, 0.4) is 0 Å². The molecule has 23 heavy (non-hydrogen) atoms. The molecule has 1 heterocycles. The molecule has 0 saturated heterocycles. The highest BCUT2D eigenvalue weighted by Crippen LogP contribution is 2.27. The summed E-state index contributed by atoms with van der Waals surface area (Å²) < 4.78 is 4.79. The largest absolute Gasteiger partial charge is 0.465 e. The molecule has 0 amide bonds. The molecule has 0 spiro atoms. The fourth-order valence-electron chi connectivity index (χ4n) is 2.40. The number of rotatable bonds is 2. The molecular weight excluding hydrogens is 332 g/mol. The lowest BCUT2D eigenvalue weighted by Gasteiger charge is -2.13. The summed E-state index contributed by atoms with van der Waals surface area (Å²) >= 11 is 11.6. The zero-order chi connectivity index (χ0) is 16.4. The van der Waals surface area contributed by atoms with Crippen molar-refractivity contribution >= 4 is 46.2 Å². The van der Waals surface area contributed by atoms with Gasteiger partial charge in [0, 0.05) is 21.8 Å². The Balaban J connectivity index is 2.20. The number of esters is 1. The number of nitrogens with zero attached hydrogens (tertiary/aromatic N) is 1. The molecule has 4 nitrogen and oxygen atoms in total. The number of hydrogen-bond donors (Lipinski definition) is 1. The Bertz CT molecular complexity index is 833. The monoisotopic (exact) mass is 344 g/mol. The molecular formula is C17H13ClN2O2S. The summed E-state index contributed by atoms with van der Waals surface area (Å²) in [6.07, 6.45) is 0. The second kappa shape index (κ2) is 6.48. The minimum Gasteiger partial charge on any atom is -0.465 e. The van der Waals surface area contributed by atoms with Crippen LogP contribution in [0.25, 0.3) is 0 Å². The Kier molecular flexibility index (Phi) is 4.41. The van der Waals surface area contributed by atoms with Crippen molar-refractivity contribution in [3.05, 3.63) is 64.2 Å². The minimum absolute atomic E-state index is 0.359. The number of aliphatic imine (C=N–C) groups is 1. The van der Waals surface area contributed by atoms with Crippen LogP contribution in [0, 0.1) is 0 Å². The lowest BCUT2D eigenvalue weighted by atomic mass is 9.98. The topological polar surface area (TPSA) is 50.7 Å². The lowest BCUT2D eigenvalue weighted by Crippen LogP contribution is -2.12. The van der Waals surface area contributed by atoms with Gasteiger partial charge < -0.3 is 10.1 Å². The third-order valence-electron chi connectivity index (χ3n) is 3.48. The average molecular weight is 345 g/mol. The Morgan fingerprint density at radius 2 is 2.04 bits per heavy atom. The third-order valence-corrected chi connectivity index (χ3v) is 4.04. The number of carbonyl (C=O) groups excluding carboxylic acids is 1. The summed E-state index contributed by atoms with van der Waals surface area (Å²) in [6, 6.07) is 12.7. The number of benzene rings is 2. The van der Waals surface area contributed by atoms with Crippen molar-refractivity contribution in [2.45, 2.75) is 0 Å². The molecule has 0 saturated carbocycles. The van der Waals surface area contributed by atoms with E-state index in [4.69, 9.17) is 28.6 Å². The van der Waals surface area contributed by atoms with Crippen LogP contribution in [0.1, 0.15) is 21.5 Å². The molecule has 2 aromatic carbocycles. The fraction of sp³-hybridized carbons (Fsp3) is 0.118. The molecule has 2 aromatic rings. The number of hydrogen-bond acceptors (Lipinski definition) is 4. The quantitative estimate of drug-likeness (QED) is 0.666. The lowest BCUT2D eigenvalue weighted by molar-refractivity contribution is 0.0601. The summed E-state index contributed by atoms with van der Waals surface area (Å²) in [5.74, 6) is -0.405. The minimum atomic E-state index is -0.405. The molecule has 1 aliphatic heterocycles. The average Bonchev–Trinajstić information content (AvgIpc) is 2.72. The van der Waals surface area contributed by atoms with E-state index in [-0.39, 0.29) is 0 Å². The van der Waals surface area contributed by atoms with Crippen molar-refractivity contribution in [2.24, 2.45) is 4.99 Å². The normalized spacial score (nSPS) is 13.5. The van der Waals surface area contributed by atoms with Crippen molar-refractivity contribution in [1.29, 1.82) is 0 Å². The second-order valence-corrected chi connectivity index (χ2v) is 5.84. The van der Waals surface area contributed by atoms with Crippen LogP contribution in [-0.4, -0.2) is 30.3 Å². The van der Waals surface area contributed by atoms with E-state index in [0.717, 1.165) is 16.8 Å². The van der Waals surface area contributed by atoms with Crippen molar-refractivity contribution in [3.8, 4) is 0 Å². The van der Waals surface area contributed by atoms with Gasteiger partial charge in [0.1, 0.15) is 4.99 Å². The maximum atomic E-state index is 11.8. The van der Waals surface area contributed by atoms with E-state index in [0.29, 0.717) is 27.8 Å². The van der Waals surface area contributed by atoms with Crippen LogP contribution < -0.4 is 5.32 Å². The van der Waals surface area contributed by atoms with E-state index < -0.39 is 5.97 Å². The Labute approximate surface area is 144 Å². The molecule has 3 rings (SSSR count). The van der Waals surface area contributed by atoms with E-state index in [9.17, 15) is 4.79 Å². The van der Waals surface area contributed by atoms with Crippen LogP contribution in [-0.2, 0) is 4.74 Å². The van der Waals surface area contributed by atoms with Crippen molar-refractivity contribution in [3.63, 3.8) is 0 Å². The predicted octanol–water partition coefficient (Wildman–Crippen LogP) is 3.72. The molecule has 1 aliphatic rings. The molecule has 0 atom stereocenters. The second-order valence-electron chi connectivity index (χ2n) is 4.94. The number of halogens is 1. The molecule has 0 aliphatic carbocycles. The van der Waals surface area contributed by atoms with Crippen LogP contribution in [0.2, 0.25) is 5.02 Å².